The first-order valence-electron chi connectivity index (χ1n) is 7.62. The molecule has 0 saturated carbocycles. The SMILES string of the molecule is Cc1ccc2c(c1)SC(C(=O)Nc1cc(S(C)(=O)=O)ccc1C)C2. The number of fused-ring (bicyclic) bond motifs is 1. The van der Waals surface area contributed by atoms with Crippen LogP contribution in [0.3, 0.4) is 0 Å². The number of anilines is 1. The van der Waals surface area contributed by atoms with Gasteiger partial charge in [0.2, 0.25) is 5.91 Å². The molecule has 0 aromatic heterocycles. The second-order valence-electron chi connectivity index (χ2n) is 6.16. The Bertz CT molecular complexity index is 920. The molecule has 1 N–H and O–H groups in total. The van der Waals surface area contributed by atoms with Crippen molar-refractivity contribution in [1.29, 1.82) is 0 Å². The molecule has 1 atom stereocenters. The number of carbonyl (C=O) groups is 1. The van der Waals surface area contributed by atoms with Crippen LogP contribution in [0.25, 0.3) is 0 Å². The topological polar surface area (TPSA) is 63.2 Å². The van der Waals surface area contributed by atoms with Gasteiger partial charge in [-0.2, -0.15) is 0 Å². The molecular weight excluding hydrogens is 342 g/mol. The zero-order chi connectivity index (χ0) is 17.5. The largest absolute Gasteiger partial charge is 0.325 e. The number of hydrogen-bond donors (Lipinski definition) is 1. The molecule has 1 aliphatic rings. The van der Waals surface area contributed by atoms with Gasteiger partial charge in [-0.3, -0.25) is 4.79 Å². The van der Waals surface area contributed by atoms with Crippen LogP contribution in [0.2, 0.25) is 0 Å². The van der Waals surface area contributed by atoms with Crippen molar-refractivity contribution in [2.24, 2.45) is 0 Å². The molecule has 0 radical (unpaired) electrons. The molecular formula is C18H19NO3S2. The summed E-state index contributed by atoms with van der Waals surface area (Å²) >= 11 is 1.56. The molecule has 24 heavy (non-hydrogen) atoms. The van der Waals surface area contributed by atoms with Crippen LogP contribution in [0.15, 0.2) is 46.2 Å². The number of nitrogens with one attached hydrogen (secondary N) is 1. The van der Waals surface area contributed by atoms with Crippen LogP contribution >= 0.6 is 11.8 Å². The lowest BCUT2D eigenvalue weighted by Gasteiger charge is -2.13. The minimum Gasteiger partial charge on any atom is -0.325 e. The number of aryl methyl sites for hydroxylation is 2. The quantitative estimate of drug-likeness (QED) is 0.910. The molecule has 126 valence electrons. The molecule has 3 rings (SSSR count). The molecule has 1 unspecified atom stereocenters. The van der Waals surface area contributed by atoms with Crippen LogP contribution in [0.4, 0.5) is 5.69 Å². The Morgan fingerprint density at radius 2 is 1.92 bits per heavy atom. The Hall–Kier alpha value is -1.79. The van der Waals surface area contributed by atoms with Crippen LogP contribution in [-0.4, -0.2) is 25.8 Å². The van der Waals surface area contributed by atoms with E-state index < -0.39 is 9.84 Å². The van der Waals surface area contributed by atoms with E-state index in [1.165, 1.54) is 17.2 Å². The van der Waals surface area contributed by atoms with Gasteiger partial charge in [-0.1, -0.05) is 23.8 Å². The van der Waals surface area contributed by atoms with Crippen LogP contribution in [0.5, 0.6) is 0 Å². The summed E-state index contributed by atoms with van der Waals surface area (Å²) in [5.41, 5.74) is 3.76. The standard InChI is InChI=1S/C18H19NO3S2/c1-11-4-6-13-9-17(23-16(13)8-11)18(20)19-15-10-14(24(3,21)22)7-5-12(15)2/h4-8,10,17H,9H2,1-3H3,(H,19,20). The average Bonchev–Trinajstić information content (AvgIpc) is 2.91. The van der Waals surface area contributed by atoms with E-state index in [2.05, 4.69) is 23.5 Å². The molecule has 6 heteroatoms. The van der Waals surface area contributed by atoms with E-state index >= 15 is 0 Å². The van der Waals surface area contributed by atoms with Crippen molar-refractivity contribution >= 4 is 33.2 Å². The van der Waals surface area contributed by atoms with Crippen molar-refractivity contribution in [2.45, 2.75) is 35.3 Å². The first-order chi connectivity index (χ1) is 11.2. The number of benzene rings is 2. The van der Waals surface area contributed by atoms with E-state index in [0.717, 1.165) is 16.7 Å². The molecule has 0 saturated heterocycles. The molecule has 2 aromatic rings. The van der Waals surface area contributed by atoms with Crippen LogP contribution in [-0.2, 0) is 21.1 Å². The first kappa shape index (κ1) is 17.0. The highest BCUT2D eigenvalue weighted by atomic mass is 32.2. The predicted octanol–water partition coefficient (Wildman–Crippen LogP) is 3.36. The van der Waals surface area contributed by atoms with Gasteiger partial charge in [-0.15, -0.1) is 11.8 Å². The highest BCUT2D eigenvalue weighted by Crippen LogP contribution is 2.38. The van der Waals surface area contributed by atoms with E-state index in [1.807, 2.05) is 13.8 Å². The fourth-order valence-corrected chi connectivity index (χ4v) is 4.60. The van der Waals surface area contributed by atoms with Crippen molar-refractivity contribution in [1.82, 2.24) is 0 Å². The van der Waals surface area contributed by atoms with Crippen molar-refractivity contribution in [3.05, 3.63) is 53.1 Å². The molecule has 1 amide bonds. The van der Waals surface area contributed by atoms with Gasteiger partial charge in [-0.25, -0.2) is 8.42 Å². The van der Waals surface area contributed by atoms with Gasteiger partial charge in [0.1, 0.15) is 0 Å². The van der Waals surface area contributed by atoms with Gasteiger partial charge >= 0.3 is 0 Å². The Morgan fingerprint density at radius 1 is 1.17 bits per heavy atom. The second kappa shape index (κ2) is 6.26. The third-order valence-electron chi connectivity index (χ3n) is 4.08. The zero-order valence-corrected chi connectivity index (χ0v) is 15.4. The van der Waals surface area contributed by atoms with Gasteiger partial charge in [0, 0.05) is 16.8 Å². The lowest BCUT2D eigenvalue weighted by atomic mass is 10.1. The maximum absolute atomic E-state index is 12.6. The van der Waals surface area contributed by atoms with Gasteiger partial charge in [0.05, 0.1) is 10.1 Å². The first-order valence-corrected chi connectivity index (χ1v) is 10.4. The number of carbonyl (C=O) groups excluding carboxylic acids is 1. The van der Waals surface area contributed by atoms with Gasteiger partial charge in [-0.05, 0) is 49.6 Å². The van der Waals surface area contributed by atoms with Gasteiger partial charge in [0.15, 0.2) is 9.84 Å². The Morgan fingerprint density at radius 3 is 2.62 bits per heavy atom. The van der Waals surface area contributed by atoms with Crippen molar-refractivity contribution in [3.63, 3.8) is 0 Å². The molecule has 1 aliphatic heterocycles. The van der Waals surface area contributed by atoms with Crippen molar-refractivity contribution < 1.29 is 13.2 Å². The summed E-state index contributed by atoms with van der Waals surface area (Å²) in [7, 11) is -3.30. The smallest absolute Gasteiger partial charge is 0.238 e. The number of amides is 1. The van der Waals surface area contributed by atoms with Crippen molar-refractivity contribution in [3.8, 4) is 0 Å². The molecule has 0 fully saturated rings. The summed E-state index contributed by atoms with van der Waals surface area (Å²) in [4.78, 5) is 14.0. The predicted molar refractivity (Wildman–Crippen MR) is 97.4 cm³/mol. The van der Waals surface area contributed by atoms with E-state index in [4.69, 9.17) is 0 Å². The van der Waals surface area contributed by atoms with Crippen LogP contribution in [0, 0.1) is 13.8 Å². The van der Waals surface area contributed by atoms with Crippen molar-refractivity contribution in [2.75, 3.05) is 11.6 Å². The summed E-state index contributed by atoms with van der Waals surface area (Å²) in [6.45, 7) is 3.88. The maximum Gasteiger partial charge on any atom is 0.238 e. The van der Waals surface area contributed by atoms with E-state index in [0.29, 0.717) is 12.1 Å². The molecule has 0 aliphatic carbocycles. The molecule has 0 spiro atoms. The summed E-state index contributed by atoms with van der Waals surface area (Å²) < 4.78 is 23.4. The van der Waals surface area contributed by atoms with Crippen LogP contribution < -0.4 is 5.32 Å². The minimum atomic E-state index is -3.30. The highest BCUT2D eigenvalue weighted by Gasteiger charge is 2.28. The lowest BCUT2D eigenvalue weighted by Crippen LogP contribution is -2.25. The number of rotatable bonds is 3. The molecule has 4 nitrogen and oxygen atoms in total. The van der Waals surface area contributed by atoms with Gasteiger partial charge in [0.25, 0.3) is 0 Å². The second-order valence-corrected chi connectivity index (χ2v) is 9.42. The summed E-state index contributed by atoms with van der Waals surface area (Å²) in [5, 5.41) is 2.70. The summed E-state index contributed by atoms with van der Waals surface area (Å²) in [5.74, 6) is -0.0948. The fraction of sp³-hybridized carbons (Fsp3) is 0.278. The van der Waals surface area contributed by atoms with E-state index in [1.54, 1.807) is 23.9 Å². The van der Waals surface area contributed by atoms with Crippen LogP contribution in [0.1, 0.15) is 16.7 Å². The van der Waals surface area contributed by atoms with E-state index in [9.17, 15) is 13.2 Å². The summed E-state index contributed by atoms with van der Waals surface area (Å²) in [6, 6.07) is 11.0. The summed E-state index contributed by atoms with van der Waals surface area (Å²) in [6.07, 6.45) is 1.85. The number of thioether (sulfide) groups is 1. The fourth-order valence-electron chi connectivity index (χ4n) is 2.66. The number of sulfone groups is 1. The maximum atomic E-state index is 12.6. The third-order valence-corrected chi connectivity index (χ3v) is 6.49. The molecule has 0 bridgehead atoms. The lowest BCUT2D eigenvalue weighted by molar-refractivity contribution is -0.115. The highest BCUT2D eigenvalue weighted by molar-refractivity contribution is 8.01. The molecule has 1 heterocycles. The Balaban J connectivity index is 1.79. The van der Waals surface area contributed by atoms with E-state index in [-0.39, 0.29) is 16.1 Å². The molecule has 2 aromatic carbocycles. The average molecular weight is 361 g/mol. The Kier molecular flexibility index (Phi) is 4.44. The zero-order valence-electron chi connectivity index (χ0n) is 13.8. The Labute approximate surface area is 146 Å². The monoisotopic (exact) mass is 361 g/mol. The third kappa shape index (κ3) is 3.49. The van der Waals surface area contributed by atoms with Gasteiger partial charge < -0.3 is 5.32 Å². The minimum absolute atomic E-state index is 0.0948. The normalized spacial score (nSPS) is 16.7. The number of hydrogen-bond acceptors (Lipinski definition) is 4.